The number of amides is 1. The first kappa shape index (κ1) is 11.3. The predicted molar refractivity (Wildman–Crippen MR) is 64.9 cm³/mol. The highest BCUT2D eigenvalue weighted by molar-refractivity contribution is 5.85. The number of aromatic hydroxyl groups is 1. The summed E-state index contributed by atoms with van der Waals surface area (Å²) >= 11 is 0. The van der Waals surface area contributed by atoms with Crippen LogP contribution in [0.1, 0.15) is 6.42 Å². The summed E-state index contributed by atoms with van der Waals surface area (Å²) in [5, 5.41) is 11.6. The zero-order chi connectivity index (χ0) is 12.3. The summed E-state index contributed by atoms with van der Waals surface area (Å²) in [4.78, 5) is 10.6. The molecule has 0 radical (unpaired) electrons. The molecular formula is C13H13NO3. The number of phenolic OH excluding ortho intramolecular Hbond substituents is 1. The monoisotopic (exact) mass is 231 g/mol. The molecule has 0 atom stereocenters. The molecule has 0 aromatic heterocycles. The smallest absolute Gasteiger partial charge is 0.220 e. The second kappa shape index (κ2) is 4.74. The Hall–Kier alpha value is -2.23. The van der Waals surface area contributed by atoms with Crippen LogP contribution in [0.4, 0.5) is 0 Å². The van der Waals surface area contributed by atoms with Crippen LogP contribution in [0.25, 0.3) is 10.8 Å². The molecule has 0 aliphatic rings. The van der Waals surface area contributed by atoms with Crippen molar-refractivity contribution >= 4 is 16.7 Å². The van der Waals surface area contributed by atoms with Gasteiger partial charge < -0.3 is 15.6 Å². The van der Waals surface area contributed by atoms with Crippen LogP contribution in [0.5, 0.6) is 11.5 Å². The van der Waals surface area contributed by atoms with Gasteiger partial charge in [0.05, 0.1) is 13.0 Å². The Balaban J connectivity index is 2.22. The molecule has 2 aromatic carbocycles. The first-order valence-corrected chi connectivity index (χ1v) is 5.29. The Morgan fingerprint density at radius 1 is 1.24 bits per heavy atom. The van der Waals surface area contributed by atoms with Gasteiger partial charge in [-0.05, 0) is 22.9 Å². The van der Waals surface area contributed by atoms with Crippen molar-refractivity contribution in [3.63, 3.8) is 0 Å². The summed E-state index contributed by atoms with van der Waals surface area (Å²) in [6, 6.07) is 11.0. The number of nitrogens with two attached hydrogens (primary N) is 1. The van der Waals surface area contributed by atoms with Crippen LogP contribution in [-0.2, 0) is 4.79 Å². The minimum absolute atomic E-state index is 0.0631. The average Bonchev–Trinajstić information content (AvgIpc) is 2.29. The van der Waals surface area contributed by atoms with Crippen molar-refractivity contribution in [2.24, 2.45) is 5.73 Å². The first-order chi connectivity index (χ1) is 8.16. The molecule has 0 aliphatic carbocycles. The fraction of sp³-hybridized carbons (Fsp3) is 0.154. The van der Waals surface area contributed by atoms with Crippen LogP contribution in [0.15, 0.2) is 36.4 Å². The standard InChI is InChI=1S/C13H13NO3/c14-13(16)5-6-17-12-8-10-4-2-1-3-9(10)7-11(12)15/h1-4,7-8,15H,5-6H2,(H2,14,16). The van der Waals surface area contributed by atoms with Crippen molar-refractivity contribution < 1.29 is 14.6 Å². The topological polar surface area (TPSA) is 72.6 Å². The van der Waals surface area contributed by atoms with Crippen molar-refractivity contribution in [3.05, 3.63) is 36.4 Å². The third-order valence-electron chi connectivity index (χ3n) is 2.43. The molecule has 2 rings (SSSR count). The largest absolute Gasteiger partial charge is 0.504 e. The van der Waals surface area contributed by atoms with Crippen LogP contribution in [-0.4, -0.2) is 17.6 Å². The number of carbonyl (C=O) groups is 1. The SMILES string of the molecule is NC(=O)CCOc1cc2ccccc2cc1O. The predicted octanol–water partition coefficient (Wildman–Crippen LogP) is 1.80. The van der Waals surface area contributed by atoms with E-state index in [1.54, 1.807) is 12.1 Å². The molecule has 0 bridgehead atoms. The van der Waals surface area contributed by atoms with E-state index in [1.807, 2.05) is 24.3 Å². The maximum absolute atomic E-state index is 10.6. The molecule has 0 spiro atoms. The lowest BCUT2D eigenvalue weighted by atomic mass is 10.1. The molecule has 17 heavy (non-hydrogen) atoms. The molecule has 4 nitrogen and oxygen atoms in total. The highest BCUT2D eigenvalue weighted by Gasteiger charge is 2.05. The molecule has 3 N–H and O–H groups in total. The Kier molecular flexibility index (Phi) is 3.14. The first-order valence-electron chi connectivity index (χ1n) is 5.29. The molecule has 0 saturated heterocycles. The van der Waals surface area contributed by atoms with E-state index in [1.165, 1.54) is 0 Å². The lowest BCUT2D eigenvalue weighted by Gasteiger charge is -2.08. The number of carbonyl (C=O) groups excluding carboxylic acids is 1. The van der Waals surface area contributed by atoms with Crippen molar-refractivity contribution in [1.82, 2.24) is 0 Å². The fourth-order valence-corrected chi connectivity index (χ4v) is 1.58. The summed E-state index contributed by atoms with van der Waals surface area (Å²) in [5.74, 6) is 0.00315. The van der Waals surface area contributed by atoms with Crippen molar-refractivity contribution in [3.8, 4) is 11.5 Å². The van der Waals surface area contributed by atoms with Gasteiger partial charge in [-0.2, -0.15) is 0 Å². The molecule has 0 fully saturated rings. The Morgan fingerprint density at radius 2 is 1.88 bits per heavy atom. The van der Waals surface area contributed by atoms with Crippen LogP contribution >= 0.6 is 0 Å². The van der Waals surface area contributed by atoms with Gasteiger partial charge in [-0.1, -0.05) is 24.3 Å². The summed E-state index contributed by atoms with van der Waals surface area (Å²) < 4.78 is 5.30. The van der Waals surface area contributed by atoms with Crippen molar-refractivity contribution in [2.45, 2.75) is 6.42 Å². The average molecular weight is 231 g/mol. The Labute approximate surface area is 98.6 Å². The Bertz CT molecular complexity index is 551. The van der Waals surface area contributed by atoms with Gasteiger partial charge >= 0.3 is 0 Å². The molecule has 88 valence electrons. The molecule has 0 saturated carbocycles. The van der Waals surface area contributed by atoms with E-state index in [9.17, 15) is 9.90 Å². The van der Waals surface area contributed by atoms with Gasteiger partial charge in [-0.25, -0.2) is 0 Å². The van der Waals surface area contributed by atoms with Crippen LogP contribution < -0.4 is 10.5 Å². The molecular weight excluding hydrogens is 218 g/mol. The van der Waals surface area contributed by atoms with Gasteiger partial charge in [0.25, 0.3) is 0 Å². The second-order valence-corrected chi connectivity index (χ2v) is 3.73. The highest BCUT2D eigenvalue weighted by atomic mass is 16.5. The highest BCUT2D eigenvalue weighted by Crippen LogP contribution is 2.31. The normalized spacial score (nSPS) is 10.4. The lowest BCUT2D eigenvalue weighted by molar-refractivity contribution is -0.118. The maximum atomic E-state index is 10.6. The molecule has 0 heterocycles. The van der Waals surface area contributed by atoms with Crippen LogP contribution in [0.3, 0.4) is 0 Å². The lowest BCUT2D eigenvalue weighted by Crippen LogP contribution is -2.14. The van der Waals surface area contributed by atoms with Gasteiger partial charge in [0.2, 0.25) is 5.91 Å². The zero-order valence-corrected chi connectivity index (χ0v) is 9.22. The summed E-state index contributed by atoms with van der Waals surface area (Å²) in [6.45, 7) is 0.168. The third-order valence-corrected chi connectivity index (χ3v) is 2.43. The Morgan fingerprint density at radius 3 is 2.53 bits per heavy atom. The minimum Gasteiger partial charge on any atom is -0.504 e. The molecule has 1 amide bonds. The molecule has 2 aromatic rings. The van der Waals surface area contributed by atoms with E-state index >= 15 is 0 Å². The van der Waals surface area contributed by atoms with Crippen LogP contribution in [0.2, 0.25) is 0 Å². The fourth-order valence-electron chi connectivity index (χ4n) is 1.58. The number of rotatable bonds is 4. The van der Waals surface area contributed by atoms with E-state index in [4.69, 9.17) is 10.5 Å². The van der Waals surface area contributed by atoms with Gasteiger partial charge in [0, 0.05) is 0 Å². The van der Waals surface area contributed by atoms with Crippen molar-refractivity contribution in [1.29, 1.82) is 0 Å². The van der Waals surface area contributed by atoms with Crippen LogP contribution in [0, 0.1) is 0 Å². The van der Waals surface area contributed by atoms with Gasteiger partial charge in [0.1, 0.15) is 0 Å². The summed E-state index contributed by atoms with van der Waals surface area (Å²) in [7, 11) is 0. The molecule has 0 aliphatic heterocycles. The zero-order valence-electron chi connectivity index (χ0n) is 9.22. The molecule has 0 unspecified atom stereocenters. The van der Waals surface area contributed by atoms with Gasteiger partial charge in [0.15, 0.2) is 11.5 Å². The van der Waals surface area contributed by atoms with E-state index in [2.05, 4.69) is 0 Å². The second-order valence-electron chi connectivity index (χ2n) is 3.73. The van der Waals surface area contributed by atoms with E-state index in [0.717, 1.165) is 10.8 Å². The van der Waals surface area contributed by atoms with Crippen molar-refractivity contribution in [2.75, 3.05) is 6.61 Å². The molecule has 4 heteroatoms. The quantitative estimate of drug-likeness (QED) is 0.842. The van der Waals surface area contributed by atoms with E-state index in [-0.39, 0.29) is 18.8 Å². The van der Waals surface area contributed by atoms with Gasteiger partial charge in [-0.15, -0.1) is 0 Å². The third kappa shape index (κ3) is 2.66. The number of benzene rings is 2. The number of phenols is 1. The number of hydrogen-bond donors (Lipinski definition) is 2. The van der Waals surface area contributed by atoms with Gasteiger partial charge in [-0.3, -0.25) is 4.79 Å². The van der Waals surface area contributed by atoms with E-state index in [0.29, 0.717) is 5.75 Å². The minimum atomic E-state index is -0.426. The number of hydrogen-bond acceptors (Lipinski definition) is 3. The summed E-state index contributed by atoms with van der Waals surface area (Å²) in [5.41, 5.74) is 5.00. The number of primary amides is 1. The summed E-state index contributed by atoms with van der Waals surface area (Å²) in [6.07, 6.45) is 0.131. The number of fused-ring (bicyclic) bond motifs is 1. The number of ether oxygens (including phenoxy) is 1. The van der Waals surface area contributed by atoms with E-state index < -0.39 is 5.91 Å². The maximum Gasteiger partial charge on any atom is 0.220 e.